The topological polar surface area (TPSA) is 49.4 Å². The molecule has 1 aliphatic rings. The van der Waals surface area contributed by atoms with Crippen molar-refractivity contribution >= 4 is 34.0 Å². The molecule has 142 valence electrons. The Morgan fingerprint density at radius 2 is 1.82 bits per heavy atom. The Labute approximate surface area is 165 Å². The van der Waals surface area contributed by atoms with Crippen LogP contribution < -0.4 is 10.2 Å². The molecule has 0 spiro atoms. The predicted molar refractivity (Wildman–Crippen MR) is 114 cm³/mol. The van der Waals surface area contributed by atoms with Crippen molar-refractivity contribution in [3.63, 3.8) is 0 Å². The molecule has 3 aromatic rings. The lowest BCUT2D eigenvalue weighted by atomic mass is 10.0. The summed E-state index contributed by atoms with van der Waals surface area (Å²) >= 11 is 0. The van der Waals surface area contributed by atoms with Crippen molar-refractivity contribution in [3.8, 4) is 0 Å². The average molecular weight is 372 g/mol. The molecule has 0 saturated carbocycles. The Morgan fingerprint density at radius 3 is 2.61 bits per heavy atom. The number of anilines is 2. The highest BCUT2D eigenvalue weighted by molar-refractivity contribution is 6.27. The van der Waals surface area contributed by atoms with Crippen molar-refractivity contribution in [2.24, 2.45) is 0 Å². The van der Waals surface area contributed by atoms with Crippen LogP contribution in [-0.4, -0.2) is 18.4 Å². The van der Waals surface area contributed by atoms with Crippen LogP contribution >= 0.6 is 0 Å². The van der Waals surface area contributed by atoms with Gasteiger partial charge in [-0.1, -0.05) is 55.8 Å². The summed E-state index contributed by atoms with van der Waals surface area (Å²) in [5.74, 6) is 0.0401. The minimum atomic E-state index is -0.0169. The van der Waals surface area contributed by atoms with Crippen molar-refractivity contribution in [2.45, 2.75) is 32.6 Å². The Morgan fingerprint density at radius 1 is 1.00 bits per heavy atom. The Bertz CT molecular complexity index is 1030. The smallest absolute Gasteiger partial charge is 0.258 e. The first-order valence-corrected chi connectivity index (χ1v) is 9.90. The van der Waals surface area contributed by atoms with Crippen LogP contribution in [0.4, 0.5) is 11.4 Å². The van der Waals surface area contributed by atoms with E-state index in [1.807, 2.05) is 65.6 Å². The van der Waals surface area contributed by atoms with E-state index in [1.165, 1.54) is 0 Å². The maximum Gasteiger partial charge on any atom is 0.258 e. The molecule has 0 fully saturated rings. The summed E-state index contributed by atoms with van der Waals surface area (Å²) in [5.41, 5.74) is 3.59. The van der Waals surface area contributed by atoms with Gasteiger partial charge in [-0.3, -0.25) is 9.59 Å². The lowest BCUT2D eigenvalue weighted by molar-refractivity contribution is -0.116. The number of unbranched alkanes of at least 4 members (excludes halogenated alkanes) is 1. The third-order valence-electron chi connectivity index (χ3n) is 5.28. The summed E-state index contributed by atoms with van der Waals surface area (Å²) < 4.78 is 0. The van der Waals surface area contributed by atoms with Gasteiger partial charge in [0.15, 0.2) is 0 Å². The molecule has 2 amide bonds. The fourth-order valence-corrected chi connectivity index (χ4v) is 3.81. The minimum Gasteiger partial charge on any atom is -0.326 e. The number of amides is 2. The number of benzene rings is 3. The SMILES string of the molecule is CCCCN1C(=O)c2cccc3c(NC(=O)CCc4ccccc4)ccc1c23. The molecule has 0 bridgehead atoms. The van der Waals surface area contributed by atoms with Gasteiger partial charge in [-0.2, -0.15) is 0 Å². The first-order chi connectivity index (χ1) is 13.7. The van der Waals surface area contributed by atoms with Crippen LogP contribution in [0.2, 0.25) is 0 Å². The van der Waals surface area contributed by atoms with Crippen LogP contribution in [0, 0.1) is 0 Å². The van der Waals surface area contributed by atoms with E-state index >= 15 is 0 Å². The molecule has 3 aromatic carbocycles. The molecule has 28 heavy (non-hydrogen) atoms. The lowest BCUT2D eigenvalue weighted by Crippen LogP contribution is -2.27. The molecular formula is C24H24N2O2. The van der Waals surface area contributed by atoms with Gasteiger partial charge in [-0.05, 0) is 36.6 Å². The summed E-state index contributed by atoms with van der Waals surface area (Å²) in [6.45, 7) is 2.85. The molecule has 0 radical (unpaired) electrons. The van der Waals surface area contributed by atoms with Crippen LogP contribution in [0.5, 0.6) is 0 Å². The van der Waals surface area contributed by atoms with Crippen molar-refractivity contribution in [1.82, 2.24) is 0 Å². The normalized spacial score (nSPS) is 12.6. The van der Waals surface area contributed by atoms with Gasteiger partial charge in [-0.15, -0.1) is 0 Å². The van der Waals surface area contributed by atoms with E-state index in [-0.39, 0.29) is 11.8 Å². The molecule has 1 heterocycles. The molecule has 4 heteroatoms. The zero-order valence-electron chi connectivity index (χ0n) is 16.1. The van der Waals surface area contributed by atoms with E-state index < -0.39 is 0 Å². The van der Waals surface area contributed by atoms with E-state index in [9.17, 15) is 9.59 Å². The van der Waals surface area contributed by atoms with E-state index in [1.54, 1.807) is 0 Å². The Kier molecular flexibility index (Phi) is 5.11. The molecule has 0 saturated heterocycles. The fraction of sp³-hybridized carbons (Fsp3) is 0.250. The summed E-state index contributed by atoms with van der Waals surface area (Å²) in [4.78, 5) is 27.2. The number of carbonyl (C=O) groups excluding carboxylic acids is 2. The van der Waals surface area contributed by atoms with Crippen molar-refractivity contribution < 1.29 is 9.59 Å². The van der Waals surface area contributed by atoms with Gasteiger partial charge >= 0.3 is 0 Å². The predicted octanol–water partition coefficient (Wildman–Crippen LogP) is 5.17. The minimum absolute atomic E-state index is 0.0169. The largest absolute Gasteiger partial charge is 0.326 e. The molecule has 0 atom stereocenters. The fourth-order valence-electron chi connectivity index (χ4n) is 3.81. The number of nitrogens with one attached hydrogen (secondary N) is 1. The van der Waals surface area contributed by atoms with Gasteiger partial charge in [0, 0.05) is 35.0 Å². The molecule has 0 unspecified atom stereocenters. The zero-order valence-corrected chi connectivity index (χ0v) is 16.1. The second-order valence-corrected chi connectivity index (χ2v) is 7.20. The van der Waals surface area contributed by atoms with Gasteiger partial charge in [0.25, 0.3) is 5.91 Å². The van der Waals surface area contributed by atoms with Crippen LogP contribution in [0.15, 0.2) is 60.7 Å². The van der Waals surface area contributed by atoms with E-state index in [0.29, 0.717) is 12.8 Å². The molecular weight excluding hydrogens is 348 g/mol. The highest BCUT2D eigenvalue weighted by atomic mass is 16.2. The lowest BCUT2D eigenvalue weighted by Gasteiger charge is -2.17. The van der Waals surface area contributed by atoms with Gasteiger partial charge in [0.2, 0.25) is 5.91 Å². The van der Waals surface area contributed by atoms with Gasteiger partial charge in [0.05, 0.1) is 5.69 Å². The van der Waals surface area contributed by atoms with Gasteiger partial charge in [0.1, 0.15) is 0 Å². The van der Waals surface area contributed by atoms with E-state index in [0.717, 1.165) is 52.7 Å². The number of hydrogen-bond donors (Lipinski definition) is 1. The van der Waals surface area contributed by atoms with Crippen LogP contribution in [0.3, 0.4) is 0 Å². The first kappa shape index (κ1) is 18.2. The maximum absolute atomic E-state index is 12.8. The van der Waals surface area contributed by atoms with E-state index in [2.05, 4.69) is 12.2 Å². The number of rotatable bonds is 7. The molecule has 0 aliphatic carbocycles. The van der Waals surface area contributed by atoms with Crippen molar-refractivity contribution in [2.75, 3.05) is 16.8 Å². The molecule has 1 aliphatic heterocycles. The summed E-state index contributed by atoms with van der Waals surface area (Å²) in [6.07, 6.45) is 3.14. The Balaban J connectivity index is 1.57. The number of aryl methyl sites for hydroxylation is 1. The molecule has 0 aromatic heterocycles. The standard InChI is InChI=1S/C24H24N2O2/c1-2-3-16-26-21-14-13-20(18-10-7-11-19(23(18)21)24(26)28)25-22(27)15-12-17-8-5-4-6-9-17/h4-11,13-14H,2-3,12,15-16H2,1H3,(H,25,27). The zero-order chi connectivity index (χ0) is 19.5. The third-order valence-corrected chi connectivity index (χ3v) is 5.28. The highest BCUT2D eigenvalue weighted by Crippen LogP contribution is 2.40. The summed E-state index contributed by atoms with van der Waals surface area (Å²) in [5, 5.41) is 4.92. The monoisotopic (exact) mass is 372 g/mol. The van der Waals surface area contributed by atoms with E-state index in [4.69, 9.17) is 0 Å². The summed E-state index contributed by atoms with van der Waals surface area (Å²) in [6, 6.07) is 19.6. The van der Waals surface area contributed by atoms with Crippen molar-refractivity contribution in [3.05, 3.63) is 71.8 Å². The van der Waals surface area contributed by atoms with Crippen LogP contribution in [0.1, 0.15) is 42.1 Å². The molecule has 4 rings (SSSR count). The Hall–Kier alpha value is -3.14. The number of carbonyl (C=O) groups is 2. The quantitative estimate of drug-likeness (QED) is 0.622. The maximum atomic E-state index is 12.8. The van der Waals surface area contributed by atoms with Gasteiger partial charge < -0.3 is 10.2 Å². The second kappa shape index (κ2) is 7.85. The summed E-state index contributed by atoms with van der Waals surface area (Å²) in [7, 11) is 0. The van der Waals surface area contributed by atoms with Crippen LogP contribution in [-0.2, 0) is 11.2 Å². The second-order valence-electron chi connectivity index (χ2n) is 7.20. The van der Waals surface area contributed by atoms with Crippen molar-refractivity contribution in [1.29, 1.82) is 0 Å². The number of nitrogens with zero attached hydrogens (tertiary/aromatic N) is 1. The average Bonchev–Trinajstić information content (AvgIpc) is 3.00. The first-order valence-electron chi connectivity index (χ1n) is 9.90. The van der Waals surface area contributed by atoms with Crippen LogP contribution in [0.25, 0.3) is 10.8 Å². The number of hydrogen-bond acceptors (Lipinski definition) is 2. The third kappa shape index (κ3) is 3.38. The highest BCUT2D eigenvalue weighted by Gasteiger charge is 2.30. The molecule has 4 nitrogen and oxygen atoms in total. The van der Waals surface area contributed by atoms with Gasteiger partial charge in [-0.25, -0.2) is 0 Å². The molecule has 1 N–H and O–H groups in total.